The van der Waals surface area contributed by atoms with Crippen LogP contribution in [-0.2, 0) is 0 Å². The molecule has 2 aromatic heterocycles. The van der Waals surface area contributed by atoms with E-state index in [0.717, 1.165) is 38.3 Å². The van der Waals surface area contributed by atoms with Gasteiger partial charge in [0, 0.05) is 34.5 Å². The van der Waals surface area contributed by atoms with Gasteiger partial charge in [0.05, 0.1) is 10.4 Å². The molecule has 0 radical (unpaired) electrons. The number of piperidine rings is 3. The van der Waals surface area contributed by atoms with Gasteiger partial charge in [-0.3, -0.25) is 9.78 Å². The average Bonchev–Trinajstić information content (AvgIpc) is 3.14. The van der Waals surface area contributed by atoms with Gasteiger partial charge in [-0.05, 0) is 49.5 Å². The number of thiophene rings is 1. The number of amides is 1. The van der Waals surface area contributed by atoms with Crippen LogP contribution in [0.5, 0.6) is 0 Å². The van der Waals surface area contributed by atoms with Crippen molar-refractivity contribution >= 4 is 28.1 Å². The van der Waals surface area contributed by atoms with Crippen LogP contribution in [0.25, 0.3) is 21.3 Å². The third-order valence-corrected chi connectivity index (χ3v) is 7.14. The van der Waals surface area contributed by atoms with Gasteiger partial charge >= 0.3 is 0 Å². The SMILES string of the molecule is NC(=O)c1sc(-c2cccc3cccnc23)cc1C1CN2CCC1CC2. The molecule has 1 unspecified atom stereocenters. The number of rotatable bonds is 3. The fraction of sp³-hybridized carbons (Fsp3) is 0.333. The Morgan fingerprint density at radius 3 is 2.73 bits per heavy atom. The summed E-state index contributed by atoms with van der Waals surface area (Å²) in [7, 11) is 0. The molecule has 132 valence electrons. The number of nitrogens with zero attached hydrogens (tertiary/aromatic N) is 2. The molecule has 4 nitrogen and oxygen atoms in total. The highest BCUT2D eigenvalue weighted by Gasteiger charge is 2.37. The first-order valence-corrected chi connectivity index (χ1v) is 10.0. The maximum absolute atomic E-state index is 12.2. The van der Waals surface area contributed by atoms with Crippen LogP contribution in [0.3, 0.4) is 0 Å². The maximum atomic E-state index is 12.2. The summed E-state index contributed by atoms with van der Waals surface area (Å²) in [5.41, 5.74) is 8.98. The van der Waals surface area contributed by atoms with Crippen molar-refractivity contribution in [3.63, 3.8) is 0 Å². The maximum Gasteiger partial charge on any atom is 0.259 e. The number of pyridine rings is 1. The average molecular weight is 363 g/mol. The Kier molecular flexibility index (Phi) is 3.80. The van der Waals surface area contributed by atoms with Crippen LogP contribution in [0.15, 0.2) is 42.6 Å². The zero-order valence-corrected chi connectivity index (χ0v) is 15.3. The standard InChI is InChI=1S/C21H21N3OS/c22-21(25)20-16(17-12-24-9-6-13(17)7-10-24)11-18(26-20)15-5-1-3-14-4-2-8-23-19(14)15/h1-5,8,11,13,17H,6-7,9-10,12H2,(H2,22,25). The number of fused-ring (bicyclic) bond motifs is 4. The number of benzene rings is 1. The lowest BCUT2D eigenvalue weighted by Crippen LogP contribution is -2.46. The molecule has 3 aliphatic rings. The van der Waals surface area contributed by atoms with Crippen LogP contribution in [0.4, 0.5) is 0 Å². The van der Waals surface area contributed by atoms with E-state index in [1.165, 1.54) is 37.3 Å². The Bertz CT molecular complexity index is 983. The van der Waals surface area contributed by atoms with Crippen LogP contribution in [-0.4, -0.2) is 35.4 Å². The van der Waals surface area contributed by atoms with Gasteiger partial charge in [0.25, 0.3) is 5.91 Å². The van der Waals surface area contributed by atoms with Gasteiger partial charge in [-0.2, -0.15) is 0 Å². The number of aromatic nitrogens is 1. The van der Waals surface area contributed by atoms with E-state index in [1.807, 2.05) is 12.3 Å². The number of para-hydroxylation sites is 1. The molecule has 5 heteroatoms. The molecule has 0 saturated carbocycles. The van der Waals surface area contributed by atoms with Gasteiger partial charge in [0.15, 0.2) is 0 Å². The van der Waals surface area contributed by atoms with E-state index in [2.05, 4.69) is 40.2 Å². The molecule has 1 amide bonds. The van der Waals surface area contributed by atoms with Crippen LogP contribution in [0.1, 0.15) is 34.0 Å². The number of hydrogen-bond acceptors (Lipinski definition) is 4. The first kappa shape index (κ1) is 16.0. The Morgan fingerprint density at radius 1 is 1.19 bits per heavy atom. The molecule has 3 fully saturated rings. The summed E-state index contributed by atoms with van der Waals surface area (Å²) < 4.78 is 0. The van der Waals surface area contributed by atoms with E-state index in [4.69, 9.17) is 5.73 Å². The second-order valence-corrected chi connectivity index (χ2v) is 8.44. The molecule has 26 heavy (non-hydrogen) atoms. The molecular formula is C21H21N3OS. The number of primary amides is 1. The Morgan fingerprint density at radius 2 is 2.00 bits per heavy atom. The van der Waals surface area contributed by atoms with Crippen molar-refractivity contribution < 1.29 is 4.79 Å². The molecule has 2 bridgehead atoms. The van der Waals surface area contributed by atoms with E-state index in [-0.39, 0.29) is 5.91 Å². The highest BCUT2D eigenvalue weighted by molar-refractivity contribution is 7.17. The number of carbonyl (C=O) groups is 1. The van der Waals surface area contributed by atoms with Crippen LogP contribution in [0, 0.1) is 5.92 Å². The molecule has 0 aliphatic carbocycles. The number of carbonyl (C=O) groups excluding carboxylic acids is 1. The molecule has 1 aromatic carbocycles. The zero-order valence-electron chi connectivity index (χ0n) is 14.5. The van der Waals surface area contributed by atoms with Crippen LogP contribution >= 0.6 is 11.3 Å². The predicted molar refractivity (Wildman–Crippen MR) is 105 cm³/mol. The van der Waals surface area contributed by atoms with Gasteiger partial charge in [-0.25, -0.2) is 0 Å². The Hall–Kier alpha value is -2.24. The van der Waals surface area contributed by atoms with Crippen molar-refractivity contribution in [1.82, 2.24) is 9.88 Å². The van der Waals surface area contributed by atoms with E-state index < -0.39 is 0 Å². The van der Waals surface area contributed by atoms with Gasteiger partial charge in [-0.1, -0.05) is 24.3 Å². The van der Waals surface area contributed by atoms with Crippen molar-refractivity contribution in [1.29, 1.82) is 0 Å². The van der Waals surface area contributed by atoms with E-state index >= 15 is 0 Å². The fourth-order valence-corrected chi connectivity index (χ4v) is 5.74. The minimum atomic E-state index is -0.305. The molecule has 0 spiro atoms. The smallest absolute Gasteiger partial charge is 0.259 e. The lowest BCUT2D eigenvalue weighted by atomic mass is 9.75. The topological polar surface area (TPSA) is 59.2 Å². The summed E-state index contributed by atoms with van der Waals surface area (Å²) in [6.07, 6.45) is 4.27. The first-order valence-electron chi connectivity index (χ1n) is 9.20. The highest BCUT2D eigenvalue weighted by Crippen LogP contribution is 2.44. The molecule has 2 N–H and O–H groups in total. The largest absolute Gasteiger partial charge is 0.365 e. The van der Waals surface area contributed by atoms with E-state index in [1.54, 1.807) is 0 Å². The van der Waals surface area contributed by atoms with Gasteiger partial charge in [-0.15, -0.1) is 11.3 Å². The normalized spacial score (nSPS) is 24.8. The minimum absolute atomic E-state index is 0.305. The van der Waals surface area contributed by atoms with Crippen LogP contribution < -0.4 is 5.73 Å². The molecular weight excluding hydrogens is 342 g/mol. The summed E-state index contributed by atoms with van der Waals surface area (Å²) in [6.45, 7) is 3.43. The Labute approximate surface area is 156 Å². The van der Waals surface area contributed by atoms with Crippen molar-refractivity contribution in [3.8, 4) is 10.4 Å². The first-order chi connectivity index (χ1) is 12.7. The minimum Gasteiger partial charge on any atom is -0.365 e. The van der Waals surface area contributed by atoms with Gasteiger partial charge < -0.3 is 10.6 Å². The van der Waals surface area contributed by atoms with Crippen molar-refractivity contribution in [2.45, 2.75) is 18.8 Å². The summed E-state index contributed by atoms with van der Waals surface area (Å²) in [6, 6.07) is 12.4. The highest BCUT2D eigenvalue weighted by atomic mass is 32.1. The predicted octanol–water partition coefficient (Wildman–Crippen LogP) is 3.87. The van der Waals surface area contributed by atoms with E-state index in [0.29, 0.717) is 11.8 Å². The summed E-state index contributed by atoms with van der Waals surface area (Å²) in [5.74, 6) is 0.792. The second kappa shape index (κ2) is 6.18. The molecule has 3 aromatic rings. The summed E-state index contributed by atoms with van der Waals surface area (Å²) in [5, 5.41) is 1.11. The molecule has 6 rings (SSSR count). The van der Waals surface area contributed by atoms with Crippen molar-refractivity contribution in [3.05, 3.63) is 53.0 Å². The summed E-state index contributed by atoms with van der Waals surface area (Å²) in [4.78, 5) is 21.1. The van der Waals surface area contributed by atoms with Crippen molar-refractivity contribution in [2.75, 3.05) is 19.6 Å². The van der Waals surface area contributed by atoms with Gasteiger partial charge in [0.2, 0.25) is 0 Å². The lowest BCUT2D eigenvalue weighted by Gasteiger charge is -2.45. The summed E-state index contributed by atoms with van der Waals surface area (Å²) >= 11 is 1.52. The van der Waals surface area contributed by atoms with E-state index in [9.17, 15) is 4.79 Å². The quantitative estimate of drug-likeness (QED) is 0.768. The Balaban J connectivity index is 1.64. The monoisotopic (exact) mass is 363 g/mol. The third-order valence-electron chi connectivity index (χ3n) is 5.94. The zero-order chi connectivity index (χ0) is 17.7. The molecule has 3 aliphatic heterocycles. The molecule has 5 heterocycles. The molecule has 1 atom stereocenters. The van der Waals surface area contributed by atoms with Gasteiger partial charge in [0.1, 0.15) is 0 Å². The van der Waals surface area contributed by atoms with Crippen LogP contribution in [0.2, 0.25) is 0 Å². The van der Waals surface area contributed by atoms with Crippen molar-refractivity contribution in [2.24, 2.45) is 11.7 Å². The number of hydrogen-bond donors (Lipinski definition) is 1. The fourth-order valence-electron chi connectivity index (χ4n) is 4.63. The number of nitrogens with two attached hydrogens (primary N) is 1. The molecule has 3 saturated heterocycles. The third kappa shape index (κ3) is 2.54. The lowest BCUT2D eigenvalue weighted by molar-refractivity contribution is 0.0859. The second-order valence-electron chi connectivity index (χ2n) is 7.38.